The third-order valence-electron chi connectivity index (χ3n) is 1.58. The number of hydrogen-bond donors (Lipinski definition) is 3. The number of aryl methyl sites for hydroxylation is 1. The predicted molar refractivity (Wildman–Crippen MR) is 51.1 cm³/mol. The number of nitrogens with one attached hydrogen (secondary N) is 1. The SMILES string of the molecule is Cc1nc(NC(=O)CN)ccc1N. The molecule has 1 heterocycles. The molecule has 1 rings (SSSR count). The van der Waals surface area contributed by atoms with Crippen molar-refractivity contribution in [3.05, 3.63) is 17.8 Å². The van der Waals surface area contributed by atoms with E-state index in [1.165, 1.54) is 0 Å². The number of pyridine rings is 1. The van der Waals surface area contributed by atoms with Crippen molar-refractivity contribution < 1.29 is 4.79 Å². The number of nitrogens with zero attached hydrogens (tertiary/aromatic N) is 1. The molecule has 0 radical (unpaired) electrons. The molecular formula is C8H12N4O. The zero-order chi connectivity index (χ0) is 9.84. The molecule has 0 unspecified atom stereocenters. The van der Waals surface area contributed by atoms with Crippen LogP contribution in [0.3, 0.4) is 0 Å². The number of rotatable bonds is 2. The Labute approximate surface area is 76.1 Å². The maximum Gasteiger partial charge on any atom is 0.239 e. The van der Waals surface area contributed by atoms with Gasteiger partial charge in [-0.1, -0.05) is 0 Å². The quantitative estimate of drug-likeness (QED) is 0.591. The Morgan fingerprint density at radius 3 is 2.85 bits per heavy atom. The smallest absolute Gasteiger partial charge is 0.239 e. The van der Waals surface area contributed by atoms with E-state index in [9.17, 15) is 4.79 Å². The van der Waals surface area contributed by atoms with E-state index in [2.05, 4.69) is 10.3 Å². The summed E-state index contributed by atoms with van der Waals surface area (Å²) in [4.78, 5) is 14.9. The van der Waals surface area contributed by atoms with Crippen molar-refractivity contribution in [1.29, 1.82) is 0 Å². The molecule has 0 spiro atoms. The largest absolute Gasteiger partial charge is 0.397 e. The summed E-state index contributed by atoms with van der Waals surface area (Å²) in [6, 6.07) is 3.32. The number of nitrogens with two attached hydrogens (primary N) is 2. The molecule has 5 N–H and O–H groups in total. The maximum absolute atomic E-state index is 10.9. The van der Waals surface area contributed by atoms with Gasteiger partial charge in [-0.25, -0.2) is 4.98 Å². The van der Waals surface area contributed by atoms with Gasteiger partial charge in [-0.05, 0) is 19.1 Å². The van der Waals surface area contributed by atoms with Gasteiger partial charge in [0.05, 0.1) is 17.9 Å². The summed E-state index contributed by atoms with van der Waals surface area (Å²) in [5.41, 5.74) is 12.0. The van der Waals surface area contributed by atoms with Gasteiger partial charge >= 0.3 is 0 Å². The van der Waals surface area contributed by atoms with Crippen molar-refractivity contribution >= 4 is 17.4 Å². The van der Waals surface area contributed by atoms with Crippen LogP contribution in [0.1, 0.15) is 5.69 Å². The molecular weight excluding hydrogens is 168 g/mol. The highest BCUT2D eigenvalue weighted by atomic mass is 16.1. The Morgan fingerprint density at radius 2 is 2.31 bits per heavy atom. The summed E-state index contributed by atoms with van der Waals surface area (Å²) < 4.78 is 0. The van der Waals surface area contributed by atoms with Crippen LogP contribution < -0.4 is 16.8 Å². The van der Waals surface area contributed by atoms with Crippen LogP contribution in [-0.2, 0) is 4.79 Å². The summed E-state index contributed by atoms with van der Waals surface area (Å²) >= 11 is 0. The number of amides is 1. The first kappa shape index (κ1) is 9.47. The fourth-order valence-electron chi connectivity index (χ4n) is 0.835. The average Bonchev–Trinajstić information content (AvgIpc) is 2.11. The van der Waals surface area contributed by atoms with Crippen molar-refractivity contribution in [3.63, 3.8) is 0 Å². The van der Waals surface area contributed by atoms with Crippen LogP contribution in [0.25, 0.3) is 0 Å². The number of nitrogen functional groups attached to an aromatic ring is 1. The van der Waals surface area contributed by atoms with E-state index in [1.54, 1.807) is 19.1 Å². The van der Waals surface area contributed by atoms with E-state index in [-0.39, 0.29) is 12.5 Å². The number of carbonyl (C=O) groups is 1. The molecule has 0 atom stereocenters. The van der Waals surface area contributed by atoms with Crippen molar-refractivity contribution in [3.8, 4) is 0 Å². The lowest BCUT2D eigenvalue weighted by molar-refractivity contribution is -0.114. The van der Waals surface area contributed by atoms with Gasteiger partial charge in [-0.2, -0.15) is 0 Å². The molecule has 0 saturated heterocycles. The molecule has 0 bridgehead atoms. The van der Waals surface area contributed by atoms with Crippen LogP contribution in [0.15, 0.2) is 12.1 Å². The van der Waals surface area contributed by atoms with Gasteiger partial charge in [-0.15, -0.1) is 0 Å². The van der Waals surface area contributed by atoms with E-state index in [1.807, 2.05) is 0 Å². The standard InChI is InChI=1S/C8H12N4O/c1-5-6(10)2-3-7(11-5)12-8(13)4-9/h2-3H,4,9-10H2,1H3,(H,11,12,13). The molecule has 1 aromatic rings. The Bertz CT molecular complexity index is 324. The maximum atomic E-state index is 10.9. The van der Waals surface area contributed by atoms with E-state index in [0.717, 1.165) is 0 Å². The second-order valence-corrected chi connectivity index (χ2v) is 2.62. The Hall–Kier alpha value is -1.62. The second-order valence-electron chi connectivity index (χ2n) is 2.62. The van der Waals surface area contributed by atoms with Crippen LogP contribution in [0.4, 0.5) is 11.5 Å². The van der Waals surface area contributed by atoms with Crippen LogP contribution in [0.5, 0.6) is 0 Å². The minimum Gasteiger partial charge on any atom is -0.397 e. The third-order valence-corrected chi connectivity index (χ3v) is 1.58. The van der Waals surface area contributed by atoms with Crippen LogP contribution >= 0.6 is 0 Å². The number of anilines is 2. The number of hydrogen-bond acceptors (Lipinski definition) is 4. The molecule has 0 fully saturated rings. The van der Waals surface area contributed by atoms with Gasteiger partial charge in [0, 0.05) is 0 Å². The van der Waals surface area contributed by atoms with E-state index >= 15 is 0 Å². The highest BCUT2D eigenvalue weighted by molar-refractivity contribution is 5.91. The first-order valence-electron chi connectivity index (χ1n) is 3.86. The number of carbonyl (C=O) groups excluding carboxylic acids is 1. The van der Waals surface area contributed by atoms with Gasteiger partial charge in [0.1, 0.15) is 5.82 Å². The Morgan fingerprint density at radius 1 is 1.62 bits per heavy atom. The Kier molecular flexibility index (Phi) is 2.81. The first-order chi connectivity index (χ1) is 6.13. The molecule has 0 aliphatic rings. The summed E-state index contributed by atoms with van der Waals surface area (Å²) in [7, 11) is 0. The summed E-state index contributed by atoms with van der Waals surface area (Å²) in [5, 5.41) is 2.53. The van der Waals surface area contributed by atoms with Crippen LogP contribution in [0, 0.1) is 6.92 Å². The number of aromatic nitrogens is 1. The summed E-state index contributed by atoms with van der Waals surface area (Å²) in [5.74, 6) is 0.207. The van der Waals surface area contributed by atoms with Crippen molar-refractivity contribution in [2.24, 2.45) is 5.73 Å². The first-order valence-corrected chi connectivity index (χ1v) is 3.86. The molecule has 1 aromatic heterocycles. The molecule has 1 amide bonds. The molecule has 5 heteroatoms. The fraction of sp³-hybridized carbons (Fsp3) is 0.250. The predicted octanol–water partition coefficient (Wildman–Crippen LogP) is -0.131. The minimum atomic E-state index is -0.267. The highest BCUT2D eigenvalue weighted by Crippen LogP contribution is 2.11. The topological polar surface area (TPSA) is 94.0 Å². The lowest BCUT2D eigenvalue weighted by atomic mass is 10.3. The van der Waals surface area contributed by atoms with E-state index in [4.69, 9.17) is 11.5 Å². The van der Waals surface area contributed by atoms with Gasteiger partial charge in [-0.3, -0.25) is 4.79 Å². The molecule has 5 nitrogen and oxygen atoms in total. The molecule has 0 aliphatic carbocycles. The molecule has 0 aromatic carbocycles. The third kappa shape index (κ3) is 2.41. The molecule has 0 aliphatic heterocycles. The highest BCUT2D eigenvalue weighted by Gasteiger charge is 2.01. The van der Waals surface area contributed by atoms with Crippen molar-refractivity contribution in [2.75, 3.05) is 17.6 Å². The summed E-state index contributed by atoms with van der Waals surface area (Å²) in [6.45, 7) is 1.72. The average molecular weight is 180 g/mol. The van der Waals surface area contributed by atoms with E-state index < -0.39 is 0 Å². The fourth-order valence-corrected chi connectivity index (χ4v) is 0.835. The minimum absolute atomic E-state index is 0.0505. The lowest BCUT2D eigenvalue weighted by Gasteiger charge is -2.04. The normalized spacial score (nSPS) is 9.69. The monoisotopic (exact) mass is 180 g/mol. The van der Waals surface area contributed by atoms with Gasteiger partial charge in [0.15, 0.2) is 0 Å². The summed E-state index contributed by atoms with van der Waals surface area (Å²) in [6.07, 6.45) is 0. The van der Waals surface area contributed by atoms with Crippen LogP contribution in [-0.4, -0.2) is 17.4 Å². The molecule has 13 heavy (non-hydrogen) atoms. The zero-order valence-electron chi connectivity index (χ0n) is 7.37. The molecule has 70 valence electrons. The van der Waals surface area contributed by atoms with E-state index in [0.29, 0.717) is 17.2 Å². The Balaban J connectivity index is 2.79. The van der Waals surface area contributed by atoms with Gasteiger partial charge < -0.3 is 16.8 Å². The van der Waals surface area contributed by atoms with Gasteiger partial charge in [0.2, 0.25) is 5.91 Å². The molecule has 0 saturated carbocycles. The van der Waals surface area contributed by atoms with Crippen LogP contribution in [0.2, 0.25) is 0 Å². The van der Waals surface area contributed by atoms with Crippen molar-refractivity contribution in [2.45, 2.75) is 6.92 Å². The second kappa shape index (κ2) is 3.86. The lowest BCUT2D eigenvalue weighted by Crippen LogP contribution is -2.22. The van der Waals surface area contributed by atoms with Gasteiger partial charge in [0.25, 0.3) is 0 Å². The van der Waals surface area contributed by atoms with Crippen molar-refractivity contribution in [1.82, 2.24) is 4.98 Å². The zero-order valence-corrected chi connectivity index (χ0v) is 7.37.